The Kier molecular flexibility index (Phi) is 5.89. The number of allylic oxidation sites excluding steroid dienone is 6. The van der Waals surface area contributed by atoms with E-state index in [2.05, 4.69) is 52.3 Å². The van der Waals surface area contributed by atoms with Gasteiger partial charge in [0, 0.05) is 6.07 Å². The molecule has 1 atom stereocenters. The van der Waals surface area contributed by atoms with E-state index in [1.165, 1.54) is 11.1 Å². The molecule has 0 bridgehead atoms. The van der Waals surface area contributed by atoms with Crippen LogP contribution in [-0.2, 0) is 0 Å². The van der Waals surface area contributed by atoms with Crippen LogP contribution in [0.25, 0.3) is 16.5 Å². The zero-order valence-electron chi connectivity index (χ0n) is 17.1. The molecule has 2 aromatic rings. The number of hydrogen-bond acceptors (Lipinski definition) is 2. The Bertz CT molecular complexity index is 1000. The summed E-state index contributed by atoms with van der Waals surface area (Å²) in [6, 6.07) is 5.72. The lowest BCUT2D eigenvalue weighted by Gasteiger charge is -2.15. The summed E-state index contributed by atoms with van der Waals surface area (Å²) in [6.45, 7) is 10.5. The molecule has 27 heavy (non-hydrogen) atoms. The van der Waals surface area contributed by atoms with E-state index in [0.717, 1.165) is 41.4 Å². The zero-order valence-corrected chi connectivity index (χ0v) is 17.1. The van der Waals surface area contributed by atoms with Crippen LogP contribution < -0.4 is 5.43 Å². The van der Waals surface area contributed by atoms with Crippen LogP contribution in [0.1, 0.15) is 63.2 Å². The maximum absolute atomic E-state index is 12.8. The molecule has 1 radical (unpaired) electrons. The predicted molar refractivity (Wildman–Crippen MR) is 117 cm³/mol. The molecule has 0 saturated heterocycles. The first-order chi connectivity index (χ1) is 12.9. The highest BCUT2D eigenvalue weighted by molar-refractivity contribution is 6.37. The average molecular weight is 359 g/mol. The molecule has 0 fully saturated rings. The lowest BCUT2D eigenvalue weighted by atomic mass is 9.60. The first-order valence-corrected chi connectivity index (χ1v) is 9.87. The second-order valence-electron chi connectivity index (χ2n) is 7.62. The number of fused-ring (bicyclic) bond motifs is 1. The van der Waals surface area contributed by atoms with E-state index in [-0.39, 0.29) is 11.2 Å². The monoisotopic (exact) mass is 359 g/mol. The van der Waals surface area contributed by atoms with Crippen molar-refractivity contribution >= 4 is 23.8 Å². The fraction of sp³-hybridized carbons (Fsp3) is 0.375. The summed E-state index contributed by atoms with van der Waals surface area (Å²) >= 11 is 0. The second kappa shape index (κ2) is 8.16. The van der Waals surface area contributed by atoms with E-state index < -0.39 is 0 Å². The van der Waals surface area contributed by atoms with Gasteiger partial charge in [-0.3, -0.25) is 4.79 Å². The van der Waals surface area contributed by atoms with E-state index >= 15 is 0 Å². The lowest BCUT2D eigenvalue weighted by molar-refractivity contribution is 0.581. The molecule has 139 valence electrons. The van der Waals surface area contributed by atoms with E-state index in [0.29, 0.717) is 11.1 Å². The minimum Gasteiger partial charge on any atom is -0.456 e. The third kappa shape index (κ3) is 4.18. The van der Waals surface area contributed by atoms with Crippen molar-refractivity contribution < 1.29 is 4.42 Å². The summed E-state index contributed by atoms with van der Waals surface area (Å²) < 4.78 is 6.31. The van der Waals surface area contributed by atoms with Crippen LogP contribution in [-0.4, -0.2) is 7.28 Å². The molecule has 2 nitrogen and oxygen atoms in total. The van der Waals surface area contributed by atoms with Crippen molar-refractivity contribution in [3.05, 3.63) is 74.7 Å². The average Bonchev–Trinajstić information content (AvgIpc) is 2.63. The number of benzene rings is 1. The molecule has 1 aliphatic carbocycles. The van der Waals surface area contributed by atoms with Gasteiger partial charge in [-0.2, -0.15) is 0 Å². The minimum absolute atomic E-state index is 0.0295. The quantitative estimate of drug-likeness (QED) is 0.580. The highest BCUT2D eigenvalue weighted by atomic mass is 16.3. The molecule has 0 aliphatic heterocycles. The Morgan fingerprint density at radius 2 is 2.07 bits per heavy atom. The highest BCUT2D eigenvalue weighted by Gasteiger charge is 2.16. The van der Waals surface area contributed by atoms with Gasteiger partial charge in [0.15, 0.2) is 5.43 Å². The van der Waals surface area contributed by atoms with Gasteiger partial charge in [0.1, 0.15) is 18.6 Å². The van der Waals surface area contributed by atoms with Crippen molar-refractivity contribution in [1.29, 1.82) is 0 Å². The molecule has 1 unspecified atom stereocenters. The van der Waals surface area contributed by atoms with Crippen LogP contribution in [0.2, 0.25) is 6.32 Å². The molecule has 3 heteroatoms. The third-order valence-electron chi connectivity index (χ3n) is 5.32. The van der Waals surface area contributed by atoms with Gasteiger partial charge in [0.2, 0.25) is 0 Å². The molecule has 0 saturated carbocycles. The first-order valence-electron chi connectivity index (χ1n) is 9.87. The Balaban J connectivity index is 2.15. The Labute approximate surface area is 162 Å². The SMILES string of the molecule is CC[B]C(C)c1cc(C)cc2c(=O)cc(/C(C)=C/C3=C(C)C=CCC3)oc12. The maximum Gasteiger partial charge on any atom is 0.193 e. The molecule has 1 heterocycles. The van der Waals surface area contributed by atoms with Crippen LogP contribution in [0, 0.1) is 6.92 Å². The molecular weight excluding hydrogens is 331 g/mol. The summed E-state index contributed by atoms with van der Waals surface area (Å²) in [4.78, 5) is 12.8. The maximum atomic E-state index is 12.8. The number of aryl methyl sites for hydroxylation is 1. The second-order valence-corrected chi connectivity index (χ2v) is 7.62. The van der Waals surface area contributed by atoms with Gasteiger partial charge in [-0.05, 0) is 73.3 Å². The van der Waals surface area contributed by atoms with E-state index in [9.17, 15) is 4.79 Å². The summed E-state index contributed by atoms with van der Waals surface area (Å²) in [6.07, 6.45) is 9.62. The van der Waals surface area contributed by atoms with Crippen molar-refractivity contribution in [2.45, 2.75) is 59.6 Å². The molecule has 1 aliphatic rings. The lowest BCUT2D eigenvalue weighted by Crippen LogP contribution is -2.08. The van der Waals surface area contributed by atoms with Crippen LogP contribution in [0.15, 0.2) is 56.8 Å². The first kappa shape index (κ1) is 19.5. The molecule has 1 aromatic carbocycles. The topological polar surface area (TPSA) is 30.2 Å². The van der Waals surface area contributed by atoms with Gasteiger partial charge in [-0.1, -0.05) is 44.5 Å². The van der Waals surface area contributed by atoms with Crippen molar-refractivity contribution in [3.63, 3.8) is 0 Å². The fourth-order valence-corrected chi connectivity index (χ4v) is 3.77. The van der Waals surface area contributed by atoms with E-state index in [1.54, 1.807) is 6.07 Å². The molecule has 3 rings (SSSR count). The summed E-state index contributed by atoms with van der Waals surface area (Å²) in [7, 11) is 2.26. The number of rotatable bonds is 5. The van der Waals surface area contributed by atoms with Gasteiger partial charge in [0.05, 0.1) is 5.39 Å². The van der Waals surface area contributed by atoms with E-state index in [1.807, 2.05) is 19.9 Å². The molecular formula is C24H28BO2. The van der Waals surface area contributed by atoms with Crippen LogP contribution in [0.5, 0.6) is 0 Å². The Hall–Kier alpha value is -2.29. The van der Waals surface area contributed by atoms with Crippen molar-refractivity contribution in [3.8, 4) is 0 Å². The van der Waals surface area contributed by atoms with Gasteiger partial charge >= 0.3 is 0 Å². The Morgan fingerprint density at radius 3 is 2.78 bits per heavy atom. The van der Waals surface area contributed by atoms with E-state index in [4.69, 9.17) is 4.42 Å². The van der Waals surface area contributed by atoms with Crippen molar-refractivity contribution in [1.82, 2.24) is 0 Å². The Morgan fingerprint density at radius 1 is 1.30 bits per heavy atom. The predicted octanol–water partition coefficient (Wildman–Crippen LogP) is 6.37. The molecule has 0 spiro atoms. The fourth-order valence-electron chi connectivity index (χ4n) is 3.77. The summed E-state index contributed by atoms with van der Waals surface area (Å²) in [5.41, 5.74) is 6.53. The van der Waals surface area contributed by atoms with Gasteiger partial charge in [-0.25, -0.2) is 0 Å². The smallest absolute Gasteiger partial charge is 0.193 e. The number of hydrogen-bond donors (Lipinski definition) is 0. The van der Waals surface area contributed by atoms with Crippen LogP contribution in [0.3, 0.4) is 0 Å². The minimum atomic E-state index is 0.0295. The van der Waals surface area contributed by atoms with Gasteiger partial charge in [0.25, 0.3) is 0 Å². The largest absolute Gasteiger partial charge is 0.456 e. The summed E-state index contributed by atoms with van der Waals surface area (Å²) in [5.74, 6) is 0.907. The van der Waals surface area contributed by atoms with Crippen molar-refractivity contribution in [2.24, 2.45) is 0 Å². The molecule has 0 amide bonds. The molecule has 0 N–H and O–H groups in total. The van der Waals surface area contributed by atoms with Crippen LogP contribution >= 0.6 is 0 Å². The van der Waals surface area contributed by atoms with Gasteiger partial charge in [-0.15, -0.1) is 0 Å². The normalized spacial score (nSPS) is 16.1. The van der Waals surface area contributed by atoms with Crippen LogP contribution in [0.4, 0.5) is 0 Å². The zero-order chi connectivity index (χ0) is 19.6. The van der Waals surface area contributed by atoms with Crippen molar-refractivity contribution in [2.75, 3.05) is 0 Å². The van der Waals surface area contributed by atoms with Gasteiger partial charge < -0.3 is 4.42 Å². The molecule has 1 aromatic heterocycles. The summed E-state index contributed by atoms with van der Waals surface area (Å²) in [5, 5.41) is 0.675. The highest BCUT2D eigenvalue weighted by Crippen LogP contribution is 2.29. The third-order valence-corrected chi connectivity index (χ3v) is 5.32. The standard InChI is InChI=1S/C24H28BO2/c1-6-25-18(5)20-11-15(2)12-21-22(26)14-23(27-24(20)21)17(4)13-19-10-8-7-9-16(19)3/h7,9,11-14,18H,6,8,10H2,1-5H3/b17-13+.